The summed E-state index contributed by atoms with van der Waals surface area (Å²) in [7, 11) is 0. The van der Waals surface area contributed by atoms with Crippen LogP contribution in [0.2, 0.25) is 0 Å². The summed E-state index contributed by atoms with van der Waals surface area (Å²) >= 11 is 0. The van der Waals surface area contributed by atoms with Crippen molar-refractivity contribution < 1.29 is 4.79 Å². The molecular weight excluding hydrogens is 348 g/mol. The highest BCUT2D eigenvalue weighted by atomic mass is 16.2. The molecule has 1 aromatic carbocycles. The average Bonchev–Trinajstić information content (AvgIpc) is 3.36. The molecule has 1 unspecified atom stereocenters. The minimum absolute atomic E-state index is 0.265. The zero-order chi connectivity index (χ0) is 19.3. The third kappa shape index (κ3) is 3.98. The Bertz CT molecular complexity index is 920. The van der Waals surface area contributed by atoms with Crippen LogP contribution in [-0.4, -0.2) is 38.4 Å². The summed E-state index contributed by atoms with van der Waals surface area (Å²) in [5, 5.41) is 0. The van der Waals surface area contributed by atoms with E-state index >= 15 is 0 Å². The maximum atomic E-state index is 12.7. The first-order valence-electron chi connectivity index (χ1n) is 9.98. The maximum absolute atomic E-state index is 12.7. The van der Waals surface area contributed by atoms with Crippen LogP contribution in [0.3, 0.4) is 0 Å². The van der Waals surface area contributed by atoms with Gasteiger partial charge in [0.05, 0.1) is 6.04 Å². The zero-order valence-electron chi connectivity index (χ0n) is 16.3. The number of carbonyl (C=O) groups excluding carboxylic acids is 1. The molecule has 3 aromatic rings. The molecule has 0 bridgehead atoms. The van der Waals surface area contributed by atoms with Crippen LogP contribution in [0.1, 0.15) is 36.6 Å². The van der Waals surface area contributed by atoms with Crippen molar-refractivity contribution in [1.82, 2.24) is 19.4 Å². The van der Waals surface area contributed by atoms with Gasteiger partial charge in [-0.15, -0.1) is 0 Å². The van der Waals surface area contributed by atoms with Crippen LogP contribution < -0.4 is 0 Å². The molecule has 0 N–H and O–H groups in total. The molecule has 1 fully saturated rings. The maximum Gasteiger partial charge on any atom is 0.222 e. The third-order valence-corrected chi connectivity index (χ3v) is 5.50. The van der Waals surface area contributed by atoms with Crippen LogP contribution in [0, 0.1) is 6.92 Å². The first-order chi connectivity index (χ1) is 13.7. The van der Waals surface area contributed by atoms with Crippen molar-refractivity contribution in [3.8, 4) is 11.4 Å². The quantitative estimate of drug-likeness (QED) is 0.654. The van der Waals surface area contributed by atoms with Gasteiger partial charge in [-0.1, -0.05) is 30.3 Å². The number of imidazole rings is 1. The van der Waals surface area contributed by atoms with E-state index in [0.29, 0.717) is 6.42 Å². The summed E-state index contributed by atoms with van der Waals surface area (Å²) in [5.74, 6) is 1.23. The van der Waals surface area contributed by atoms with Crippen molar-refractivity contribution >= 4 is 5.91 Å². The van der Waals surface area contributed by atoms with Gasteiger partial charge in [-0.3, -0.25) is 9.78 Å². The Morgan fingerprint density at radius 2 is 1.93 bits per heavy atom. The van der Waals surface area contributed by atoms with Crippen molar-refractivity contribution in [2.24, 2.45) is 0 Å². The Morgan fingerprint density at radius 3 is 2.71 bits per heavy atom. The second kappa shape index (κ2) is 8.38. The Balaban J connectivity index is 1.38. The highest BCUT2D eigenvalue weighted by Gasteiger charge is 2.29. The third-order valence-electron chi connectivity index (χ3n) is 5.50. The van der Waals surface area contributed by atoms with Gasteiger partial charge < -0.3 is 9.47 Å². The number of pyridine rings is 1. The van der Waals surface area contributed by atoms with Crippen molar-refractivity contribution in [2.45, 2.75) is 38.6 Å². The van der Waals surface area contributed by atoms with E-state index in [1.165, 1.54) is 5.56 Å². The number of amides is 1. The number of aryl methyl sites for hydroxylation is 2. The summed E-state index contributed by atoms with van der Waals surface area (Å²) in [6.07, 6.45) is 8.94. The highest BCUT2D eigenvalue weighted by molar-refractivity contribution is 5.76. The number of rotatable bonds is 6. The lowest BCUT2D eigenvalue weighted by molar-refractivity contribution is -0.130. The minimum Gasteiger partial charge on any atom is -0.341 e. The van der Waals surface area contributed by atoms with Crippen LogP contribution in [0.5, 0.6) is 0 Å². The molecule has 1 aliphatic rings. The number of hydrogen-bond donors (Lipinski definition) is 0. The van der Waals surface area contributed by atoms with Gasteiger partial charge in [0.25, 0.3) is 0 Å². The topological polar surface area (TPSA) is 51.0 Å². The van der Waals surface area contributed by atoms with Gasteiger partial charge in [0.2, 0.25) is 5.91 Å². The molecule has 1 amide bonds. The SMILES string of the molecule is Cc1cnc(-c2ccncc2)n1C1CCN(C(=O)CCCc2ccccc2)C1. The van der Waals surface area contributed by atoms with Crippen LogP contribution >= 0.6 is 0 Å². The molecule has 1 aliphatic heterocycles. The Morgan fingerprint density at radius 1 is 1.14 bits per heavy atom. The number of benzene rings is 1. The van der Waals surface area contributed by atoms with Gasteiger partial charge in [0.1, 0.15) is 5.82 Å². The second-order valence-corrected chi connectivity index (χ2v) is 7.45. The van der Waals surface area contributed by atoms with Gasteiger partial charge in [0, 0.05) is 49.4 Å². The molecule has 1 saturated heterocycles. The summed E-state index contributed by atoms with van der Waals surface area (Å²) in [6, 6.07) is 14.6. The molecular formula is C23H26N4O. The van der Waals surface area contributed by atoms with E-state index in [9.17, 15) is 4.79 Å². The zero-order valence-corrected chi connectivity index (χ0v) is 16.3. The molecule has 28 heavy (non-hydrogen) atoms. The van der Waals surface area contributed by atoms with Crippen molar-refractivity contribution in [1.29, 1.82) is 0 Å². The van der Waals surface area contributed by atoms with Crippen molar-refractivity contribution in [3.63, 3.8) is 0 Å². The number of hydrogen-bond acceptors (Lipinski definition) is 3. The lowest BCUT2D eigenvalue weighted by Gasteiger charge is -2.20. The van der Waals surface area contributed by atoms with E-state index in [1.807, 2.05) is 29.3 Å². The molecule has 2 aromatic heterocycles. The van der Waals surface area contributed by atoms with E-state index in [2.05, 4.69) is 45.7 Å². The molecule has 5 heteroatoms. The minimum atomic E-state index is 0.265. The van der Waals surface area contributed by atoms with Gasteiger partial charge in [0.15, 0.2) is 0 Å². The van der Waals surface area contributed by atoms with E-state index in [4.69, 9.17) is 0 Å². The molecule has 1 atom stereocenters. The van der Waals surface area contributed by atoms with Crippen LogP contribution in [0.15, 0.2) is 61.1 Å². The molecule has 0 aliphatic carbocycles. The number of carbonyl (C=O) groups is 1. The van der Waals surface area contributed by atoms with Gasteiger partial charge >= 0.3 is 0 Å². The van der Waals surface area contributed by atoms with Crippen LogP contribution in [-0.2, 0) is 11.2 Å². The van der Waals surface area contributed by atoms with Gasteiger partial charge in [-0.25, -0.2) is 4.98 Å². The van der Waals surface area contributed by atoms with E-state index in [-0.39, 0.29) is 11.9 Å². The molecule has 0 spiro atoms. The summed E-state index contributed by atoms with van der Waals surface area (Å²) in [4.78, 5) is 23.4. The van der Waals surface area contributed by atoms with Gasteiger partial charge in [-0.05, 0) is 43.9 Å². The second-order valence-electron chi connectivity index (χ2n) is 7.45. The molecule has 144 valence electrons. The van der Waals surface area contributed by atoms with Gasteiger partial charge in [-0.2, -0.15) is 0 Å². The predicted molar refractivity (Wildman–Crippen MR) is 110 cm³/mol. The summed E-state index contributed by atoms with van der Waals surface area (Å²) in [5.41, 5.74) is 3.50. The normalized spacial score (nSPS) is 16.5. The lowest BCUT2D eigenvalue weighted by atomic mass is 10.1. The molecule has 0 radical (unpaired) electrons. The highest BCUT2D eigenvalue weighted by Crippen LogP contribution is 2.29. The number of nitrogens with zero attached hydrogens (tertiary/aromatic N) is 4. The fourth-order valence-corrected chi connectivity index (χ4v) is 4.05. The fraction of sp³-hybridized carbons (Fsp3) is 0.348. The van der Waals surface area contributed by atoms with E-state index in [1.54, 1.807) is 12.4 Å². The molecule has 5 nitrogen and oxygen atoms in total. The fourth-order valence-electron chi connectivity index (χ4n) is 4.05. The predicted octanol–water partition coefficient (Wildman–Crippen LogP) is 4.05. The molecule has 3 heterocycles. The van der Waals surface area contributed by atoms with Crippen molar-refractivity contribution in [3.05, 3.63) is 72.3 Å². The summed E-state index contributed by atoms with van der Waals surface area (Å²) in [6.45, 7) is 3.67. The van der Waals surface area contributed by atoms with E-state index in [0.717, 1.165) is 49.4 Å². The van der Waals surface area contributed by atoms with Crippen molar-refractivity contribution in [2.75, 3.05) is 13.1 Å². The Kier molecular flexibility index (Phi) is 5.51. The van der Waals surface area contributed by atoms with Crippen LogP contribution in [0.4, 0.5) is 0 Å². The number of likely N-dealkylation sites (tertiary alicyclic amines) is 1. The first-order valence-corrected chi connectivity index (χ1v) is 9.98. The van der Waals surface area contributed by atoms with E-state index < -0.39 is 0 Å². The van der Waals surface area contributed by atoms with Crippen LogP contribution in [0.25, 0.3) is 11.4 Å². The Hall–Kier alpha value is -2.95. The number of aromatic nitrogens is 3. The smallest absolute Gasteiger partial charge is 0.222 e. The Labute approximate surface area is 166 Å². The average molecular weight is 374 g/mol. The summed E-state index contributed by atoms with van der Waals surface area (Å²) < 4.78 is 2.28. The lowest BCUT2D eigenvalue weighted by Crippen LogP contribution is -2.29. The standard InChI is InChI=1S/C23H26N4O/c1-18-16-25-23(20-10-13-24-14-11-20)27(18)21-12-15-26(17-21)22(28)9-5-8-19-6-3-2-4-7-19/h2-4,6-7,10-11,13-14,16,21H,5,8-9,12,15,17H2,1H3. The largest absolute Gasteiger partial charge is 0.341 e. The monoisotopic (exact) mass is 374 g/mol. The first kappa shape index (κ1) is 18.4. The molecule has 0 saturated carbocycles. The molecule has 4 rings (SSSR count).